The molecule has 2 fully saturated rings. The summed E-state index contributed by atoms with van der Waals surface area (Å²) in [7, 11) is -0.291. The zero-order valence-electron chi connectivity index (χ0n) is 12.3. The quantitative estimate of drug-likeness (QED) is 0.663. The molecule has 0 radical (unpaired) electrons. The van der Waals surface area contributed by atoms with Gasteiger partial charge < -0.3 is 9.31 Å². The van der Waals surface area contributed by atoms with Gasteiger partial charge in [-0.2, -0.15) is 0 Å². The fraction of sp³-hybridized carbons (Fsp3) is 0.733. The van der Waals surface area contributed by atoms with E-state index in [1.165, 1.54) is 11.0 Å². The van der Waals surface area contributed by atoms with E-state index in [-0.39, 0.29) is 24.1 Å². The van der Waals surface area contributed by atoms with Crippen LogP contribution in [0.25, 0.3) is 0 Å². The molecule has 2 nitrogen and oxygen atoms in total. The summed E-state index contributed by atoms with van der Waals surface area (Å²) in [5.74, 6) is 0.0905. The Labute approximate surface area is 115 Å². The van der Waals surface area contributed by atoms with Gasteiger partial charge >= 0.3 is 7.12 Å². The molecule has 1 saturated heterocycles. The Morgan fingerprint density at radius 1 is 0.895 bits per heavy atom. The van der Waals surface area contributed by atoms with Crippen LogP contribution in [0.5, 0.6) is 0 Å². The Morgan fingerprint density at radius 3 is 2.11 bits per heavy atom. The number of hydrogen-bond donors (Lipinski definition) is 0. The van der Waals surface area contributed by atoms with Gasteiger partial charge in [-0.25, -0.2) is 4.39 Å². The van der Waals surface area contributed by atoms with Gasteiger partial charge in [-0.05, 0) is 70.0 Å². The van der Waals surface area contributed by atoms with Gasteiger partial charge in [-0.1, -0.05) is 0 Å². The molecule has 4 heteroatoms. The molecule has 0 atom stereocenters. The van der Waals surface area contributed by atoms with Crippen molar-refractivity contribution in [3.63, 3.8) is 0 Å². The van der Waals surface area contributed by atoms with Crippen LogP contribution in [-0.2, 0) is 9.31 Å². The molecule has 3 rings (SSSR count). The van der Waals surface area contributed by atoms with Crippen LogP contribution in [0.2, 0.25) is 0 Å². The summed E-state index contributed by atoms with van der Waals surface area (Å²) in [4.78, 5) is 0. The Balaban J connectivity index is 1.95. The van der Waals surface area contributed by atoms with Crippen molar-refractivity contribution >= 4 is 7.12 Å². The normalized spacial score (nSPS) is 29.2. The topological polar surface area (TPSA) is 18.5 Å². The first-order valence-electron chi connectivity index (χ1n) is 7.27. The zero-order valence-corrected chi connectivity index (χ0v) is 12.3. The van der Waals surface area contributed by atoms with Gasteiger partial charge in [0.25, 0.3) is 0 Å². The molecule has 0 aromatic heterocycles. The maximum atomic E-state index is 13.9. The molecule has 19 heavy (non-hydrogen) atoms. The molecule has 0 N–H and O–H groups in total. The summed E-state index contributed by atoms with van der Waals surface area (Å²) < 4.78 is 26.1. The van der Waals surface area contributed by atoms with Gasteiger partial charge in [0.1, 0.15) is 5.83 Å². The predicted molar refractivity (Wildman–Crippen MR) is 74.3 cm³/mol. The van der Waals surface area contributed by atoms with Crippen LogP contribution in [0.3, 0.4) is 0 Å². The maximum absolute atomic E-state index is 13.9. The maximum Gasteiger partial charge on any atom is 0.490 e. The molecule has 0 aromatic rings. The first-order chi connectivity index (χ1) is 8.82. The van der Waals surface area contributed by atoms with Gasteiger partial charge in [0.05, 0.1) is 11.2 Å². The van der Waals surface area contributed by atoms with E-state index in [2.05, 4.69) is 27.7 Å². The average molecular weight is 264 g/mol. The smallest absolute Gasteiger partial charge is 0.400 e. The Hall–Kier alpha value is -0.605. The van der Waals surface area contributed by atoms with Crippen molar-refractivity contribution < 1.29 is 13.7 Å². The summed E-state index contributed by atoms with van der Waals surface area (Å²) in [6, 6.07) is 0. The second kappa shape index (κ2) is 4.19. The minimum absolute atomic E-state index is 0.0905. The lowest BCUT2D eigenvalue weighted by Crippen LogP contribution is -2.41. The molecular formula is C15H22BFO2. The molecule has 3 aliphatic rings. The molecular weight excluding hydrogens is 242 g/mol. The number of halogens is 1. The van der Waals surface area contributed by atoms with E-state index >= 15 is 0 Å². The van der Waals surface area contributed by atoms with Crippen LogP contribution in [0.15, 0.2) is 22.4 Å². The molecule has 0 aromatic carbocycles. The minimum Gasteiger partial charge on any atom is -0.400 e. The second-order valence-corrected chi connectivity index (χ2v) is 6.83. The summed E-state index contributed by atoms with van der Waals surface area (Å²) in [5.41, 5.74) is 2.68. The van der Waals surface area contributed by atoms with Gasteiger partial charge in [-0.3, -0.25) is 0 Å². The highest BCUT2D eigenvalue weighted by Gasteiger charge is 2.53. The van der Waals surface area contributed by atoms with Crippen molar-refractivity contribution in [2.45, 2.75) is 71.0 Å². The third-order valence-electron chi connectivity index (χ3n) is 5.08. The van der Waals surface area contributed by atoms with E-state index in [9.17, 15) is 4.39 Å². The summed E-state index contributed by atoms with van der Waals surface area (Å²) in [6.07, 6.45) is 4.16. The fourth-order valence-electron chi connectivity index (χ4n) is 3.19. The molecule has 0 unspecified atom stereocenters. The van der Waals surface area contributed by atoms with E-state index < -0.39 is 0 Å². The lowest BCUT2D eigenvalue weighted by atomic mass is 9.69. The van der Waals surface area contributed by atoms with Gasteiger partial charge in [-0.15, -0.1) is 0 Å². The highest BCUT2D eigenvalue weighted by Crippen LogP contribution is 2.46. The summed E-state index contributed by atoms with van der Waals surface area (Å²) in [5, 5.41) is 0. The largest absolute Gasteiger partial charge is 0.490 e. The average Bonchev–Trinajstić information content (AvgIpc) is 2.84. The molecule has 0 bridgehead atoms. The van der Waals surface area contributed by atoms with Crippen LogP contribution in [-0.4, -0.2) is 18.3 Å². The molecule has 1 saturated carbocycles. The molecule has 1 heterocycles. The van der Waals surface area contributed by atoms with Gasteiger partial charge in [0.2, 0.25) is 0 Å². The highest BCUT2D eigenvalue weighted by molar-refractivity contribution is 6.55. The Morgan fingerprint density at radius 2 is 1.47 bits per heavy atom. The lowest BCUT2D eigenvalue weighted by molar-refractivity contribution is 0.00578. The second-order valence-electron chi connectivity index (χ2n) is 6.83. The molecule has 0 spiro atoms. The van der Waals surface area contributed by atoms with Crippen LogP contribution in [0.1, 0.15) is 59.8 Å². The summed E-state index contributed by atoms with van der Waals surface area (Å²) in [6.45, 7) is 8.25. The van der Waals surface area contributed by atoms with Crippen molar-refractivity contribution in [1.82, 2.24) is 0 Å². The lowest BCUT2D eigenvalue weighted by Gasteiger charge is -2.32. The number of allylic oxidation sites excluding steroid dienone is 4. The van der Waals surface area contributed by atoms with Gasteiger partial charge in [0.15, 0.2) is 0 Å². The first-order valence-corrected chi connectivity index (χ1v) is 7.27. The minimum atomic E-state index is -0.316. The number of rotatable bonds is 1. The van der Waals surface area contributed by atoms with Crippen LogP contribution in [0, 0.1) is 0 Å². The van der Waals surface area contributed by atoms with E-state index in [0.29, 0.717) is 6.42 Å². The Kier molecular flexibility index (Phi) is 2.95. The third kappa shape index (κ3) is 2.00. The predicted octanol–water partition coefficient (Wildman–Crippen LogP) is 4.12. The van der Waals surface area contributed by atoms with E-state index in [0.717, 1.165) is 31.3 Å². The first kappa shape index (κ1) is 13.4. The highest BCUT2D eigenvalue weighted by atomic mass is 19.1. The van der Waals surface area contributed by atoms with Crippen molar-refractivity contribution in [3.8, 4) is 0 Å². The Bertz CT molecular complexity index is 461. The van der Waals surface area contributed by atoms with Crippen molar-refractivity contribution in [3.05, 3.63) is 22.4 Å². The number of hydrogen-bond acceptors (Lipinski definition) is 2. The van der Waals surface area contributed by atoms with E-state index in [4.69, 9.17) is 9.31 Å². The standard InChI is InChI=1S/C15H22BFO2/c1-14(2)15(3,4)19-16(18-14)12-8-9-13(17)11-7-5-6-10(11)12/h5-9H2,1-4H3. The van der Waals surface area contributed by atoms with Crippen molar-refractivity contribution in [2.75, 3.05) is 0 Å². The van der Waals surface area contributed by atoms with Crippen molar-refractivity contribution in [2.24, 2.45) is 0 Å². The van der Waals surface area contributed by atoms with E-state index in [1.54, 1.807) is 0 Å². The van der Waals surface area contributed by atoms with Crippen molar-refractivity contribution in [1.29, 1.82) is 0 Å². The van der Waals surface area contributed by atoms with Crippen LogP contribution >= 0.6 is 0 Å². The summed E-state index contributed by atoms with van der Waals surface area (Å²) >= 11 is 0. The van der Waals surface area contributed by atoms with Crippen LogP contribution < -0.4 is 0 Å². The van der Waals surface area contributed by atoms with Gasteiger partial charge in [0, 0.05) is 6.42 Å². The van der Waals surface area contributed by atoms with E-state index in [1.807, 2.05) is 0 Å². The molecule has 2 aliphatic carbocycles. The SMILES string of the molecule is CC1(C)OB(C2=C3CCCC3=C(F)CC2)OC1(C)C. The molecule has 104 valence electrons. The third-order valence-corrected chi connectivity index (χ3v) is 5.08. The monoisotopic (exact) mass is 264 g/mol. The fourth-order valence-corrected chi connectivity index (χ4v) is 3.19. The van der Waals surface area contributed by atoms with Crippen LogP contribution in [0.4, 0.5) is 4.39 Å². The molecule has 1 aliphatic heterocycles. The molecule has 0 amide bonds. The zero-order chi connectivity index (χ0) is 13.8. The number of fused-ring (bicyclic) bond motifs is 1.